The van der Waals surface area contributed by atoms with Gasteiger partial charge in [-0.3, -0.25) is 4.90 Å². The Morgan fingerprint density at radius 2 is 2.40 bits per heavy atom. The van der Waals surface area contributed by atoms with Crippen LogP contribution >= 0.6 is 0 Å². The zero-order chi connectivity index (χ0) is 10.8. The fraction of sp³-hybridized carbons (Fsp3) is 0.909. The molecule has 86 valence electrons. The van der Waals surface area contributed by atoms with Crippen LogP contribution in [-0.4, -0.2) is 36.5 Å². The van der Waals surface area contributed by atoms with Crippen LogP contribution in [0.4, 0.5) is 4.79 Å². The van der Waals surface area contributed by atoms with Gasteiger partial charge in [-0.2, -0.15) is 0 Å². The Morgan fingerprint density at radius 3 is 3.00 bits per heavy atom. The van der Waals surface area contributed by atoms with Crippen molar-refractivity contribution in [3.05, 3.63) is 0 Å². The lowest BCUT2D eigenvalue weighted by atomic mass is 10.0. The van der Waals surface area contributed by atoms with Gasteiger partial charge in [-0.25, -0.2) is 4.79 Å². The highest BCUT2D eigenvalue weighted by Crippen LogP contribution is 2.35. The Morgan fingerprint density at radius 1 is 1.60 bits per heavy atom. The standard InChI is InChI=1S/C11H19NO3/c1-3-4-5-8(2)9-10(15-9)12-6-7-14-11(12)13/h8-10H,3-7H2,1-2H3. The lowest BCUT2D eigenvalue weighted by Gasteiger charge is -2.11. The molecule has 15 heavy (non-hydrogen) atoms. The summed E-state index contributed by atoms with van der Waals surface area (Å²) in [5.41, 5.74) is 0. The predicted molar refractivity (Wildman–Crippen MR) is 55.4 cm³/mol. The average molecular weight is 213 g/mol. The van der Waals surface area contributed by atoms with Crippen molar-refractivity contribution in [1.82, 2.24) is 4.90 Å². The molecule has 4 heteroatoms. The second-order valence-electron chi connectivity index (χ2n) is 4.42. The number of rotatable bonds is 5. The van der Waals surface area contributed by atoms with Gasteiger partial charge in [-0.15, -0.1) is 0 Å². The lowest BCUT2D eigenvalue weighted by molar-refractivity contribution is 0.144. The summed E-state index contributed by atoms with van der Waals surface area (Å²) < 4.78 is 10.4. The van der Waals surface area contributed by atoms with E-state index in [-0.39, 0.29) is 18.4 Å². The molecule has 2 aliphatic rings. The van der Waals surface area contributed by atoms with Gasteiger partial charge in [0.2, 0.25) is 0 Å². The van der Waals surface area contributed by atoms with Crippen molar-refractivity contribution in [1.29, 1.82) is 0 Å². The molecule has 0 saturated carbocycles. The normalized spacial score (nSPS) is 31.6. The molecule has 3 unspecified atom stereocenters. The van der Waals surface area contributed by atoms with Gasteiger partial charge >= 0.3 is 6.09 Å². The predicted octanol–water partition coefficient (Wildman–Crippen LogP) is 1.99. The monoisotopic (exact) mass is 213 g/mol. The Labute approximate surface area is 90.5 Å². The largest absolute Gasteiger partial charge is 0.447 e. The molecule has 2 saturated heterocycles. The number of epoxide rings is 1. The van der Waals surface area contributed by atoms with Gasteiger partial charge in [0, 0.05) is 0 Å². The minimum atomic E-state index is -0.217. The smallest absolute Gasteiger partial charge is 0.412 e. The quantitative estimate of drug-likeness (QED) is 0.656. The number of hydrogen-bond acceptors (Lipinski definition) is 3. The molecule has 0 aromatic heterocycles. The second-order valence-corrected chi connectivity index (χ2v) is 4.42. The van der Waals surface area contributed by atoms with Crippen molar-refractivity contribution >= 4 is 6.09 Å². The number of hydrogen-bond donors (Lipinski definition) is 0. The number of ether oxygens (including phenoxy) is 2. The van der Waals surface area contributed by atoms with E-state index in [1.807, 2.05) is 0 Å². The molecule has 0 N–H and O–H groups in total. The van der Waals surface area contributed by atoms with Crippen molar-refractivity contribution in [3.63, 3.8) is 0 Å². The van der Waals surface area contributed by atoms with E-state index in [2.05, 4.69) is 13.8 Å². The molecule has 3 atom stereocenters. The minimum absolute atomic E-state index is 0.00754. The maximum Gasteiger partial charge on any atom is 0.412 e. The van der Waals surface area contributed by atoms with Crippen molar-refractivity contribution in [2.24, 2.45) is 5.92 Å². The molecule has 0 bridgehead atoms. The van der Waals surface area contributed by atoms with Crippen molar-refractivity contribution < 1.29 is 14.3 Å². The SMILES string of the molecule is CCCCC(C)C1OC1N1CCOC1=O. The molecule has 2 fully saturated rings. The average Bonchev–Trinajstić information content (AvgIpc) is 2.91. The highest BCUT2D eigenvalue weighted by molar-refractivity contribution is 5.70. The lowest BCUT2D eigenvalue weighted by Crippen LogP contribution is -2.30. The fourth-order valence-corrected chi connectivity index (χ4v) is 2.11. The van der Waals surface area contributed by atoms with Gasteiger partial charge in [-0.1, -0.05) is 26.7 Å². The minimum Gasteiger partial charge on any atom is -0.447 e. The molecule has 2 aliphatic heterocycles. The molecule has 2 heterocycles. The van der Waals surface area contributed by atoms with Crippen LogP contribution in [0.25, 0.3) is 0 Å². The van der Waals surface area contributed by atoms with Crippen molar-refractivity contribution in [2.45, 2.75) is 45.4 Å². The molecule has 4 nitrogen and oxygen atoms in total. The number of amides is 1. The topological polar surface area (TPSA) is 42.1 Å². The van der Waals surface area contributed by atoms with Crippen LogP contribution in [0.3, 0.4) is 0 Å². The van der Waals surface area contributed by atoms with Crippen LogP contribution in [0.2, 0.25) is 0 Å². The second kappa shape index (κ2) is 4.39. The summed E-state index contributed by atoms with van der Waals surface area (Å²) in [7, 11) is 0. The van der Waals surface area contributed by atoms with Crippen LogP contribution < -0.4 is 0 Å². The van der Waals surface area contributed by atoms with E-state index in [0.717, 1.165) is 0 Å². The summed E-state index contributed by atoms with van der Waals surface area (Å²) in [4.78, 5) is 13.0. The van der Waals surface area contributed by atoms with Gasteiger partial charge in [-0.05, 0) is 12.3 Å². The molecule has 1 amide bonds. The first-order valence-electron chi connectivity index (χ1n) is 5.83. The highest BCUT2D eigenvalue weighted by Gasteiger charge is 2.50. The van der Waals surface area contributed by atoms with Gasteiger partial charge in [0.15, 0.2) is 6.23 Å². The zero-order valence-corrected chi connectivity index (χ0v) is 9.44. The van der Waals surface area contributed by atoms with E-state index >= 15 is 0 Å². The first-order chi connectivity index (χ1) is 7.24. The number of nitrogens with zero attached hydrogens (tertiary/aromatic N) is 1. The molecule has 0 radical (unpaired) electrons. The van der Waals surface area contributed by atoms with Crippen molar-refractivity contribution in [2.75, 3.05) is 13.2 Å². The van der Waals surface area contributed by atoms with Crippen LogP contribution in [0.15, 0.2) is 0 Å². The summed E-state index contributed by atoms with van der Waals surface area (Å²) in [6.45, 7) is 5.58. The van der Waals surface area contributed by atoms with E-state index < -0.39 is 0 Å². The maximum absolute atomic E-state index is 11.3. The number of carbonyl (C=O) groups excluding carboxylic acids is 1. The third kappa shape index (κ3) is 2.25. The summed E-state index contributed by atoms with van der Waals surface area (Å²) in [5.74, 6) is 0.545. The fourth-order valence-electron chi connectivity index (χ4n) is 2.11. The number of unbranched alkanes of at least 4 members (excludes halogenated alkanes) is 1. The van der Waals surface area contributed by atoms with Gasteiger partial charge in [0.05, 0.1) is 6.54 Å². The molecule has 0 aromatic rings. The van der Waals surface area contributed by atoms with E-state index in [4.69, 9.17) is 9.47 Å². The molecule has 0 spiro atoms. The van der Waals surface area contributed by atoms with E-state index in [1.54, 1.807) is 4.90 Å². The van der Waals surface area contributed by atoms with E-state index in [9.17, 15) is 4.79 Å². The third-order valence-electron chi connectivity index (χ3n) is 3.17. The molecule has 0 aromatic carbocycles. The van der Waals surface area contributed by atoms with E-state index in [1.165, 1.54) is 19.3 Å². The summed E-state index contributed by atoms with van der Waals surface area (Å²) in [6, 6.07) is 0. The first kappa shape index (κ1) is 10.7. The van der Waals surface area contributed by atoms with Crippen LogP contribution in [0.5, 0.6) is 0 Å². The van der Waals surface area contributed by atoms with Gasteiger partial charge in [0.25, 0.3) is 0 Å². The summed E-state index contributed by atoms with van der Waals surface area (Å²) >= 11 is 0. The Balaban J connectivity index is 1.77. The van der Waals surface area contributed by atoms with Crippen LogP contribution in [0.1, 0.15) is 33.1 Å². The molecule has 0 aliphatic carbocycles. The number of cyclic esters (lactones) is 1. The van der Waals surface area contributed by atoms with Crippen molar-refractivity contribution in [3.8, 4) is 0 Å². The summed E-state index contributed by atoms with van der Waals surface area (Å²) in [6.07, 6.45) is 3.64. The van der Waals surface area contributed by atoms with Gasteiger partial charge < -0.3 is 9.47 Å². The maximum atomic E-state index is 11.3. The van der Waals surface area contributed by atoms with Gasteiger partial charge in [0.1, 0.15) is 12.7 Å². The Bertz CT molecular complexity index is 244. The van der Waals surface area contributed by atoms with Crippen LogP contribution in [0, 0.1) is 5.92 Å². The van der Waals surface area contributed by atoms with E-state index in [0.29, 0.717) is 19.1 Å². The highest BCUT2D eigenvalue weighted by atomic mass is 16.6. The third-order valence-corrected chi connectivity index (χ3v) is 3.17. The first-order valence-corrected chi connectivity index (χ1v) is 5.83. The molecular weight excluding hydrogens is 194 g/mol. The number of carbonyl (C=O) groups is 1. The molecular formula is C11H19NO3. The Hall–Kier alpha value is -0.770. The zero-order valence-electron chi connectivity index (χ0n) is 9.44. The Kier molecular flexibility index (Phi) is 3.14. The molecule has 2 rings (SSSR count). The summed E-state index contributed by atoms with van der Waals surface area (Å²) in [5, 5.41) is 0. The van der Waals surface area contributed by atoms with Crippen LogP contribution in [-0.2, 0) is 9.47 Å².